The average molecular weight is 415 g/mol. The Labute approximate surface area is 178 Å². The van der Waals surface area contributed by atoms with E-state index in [0.29, 0.717) is 24.5 Å². The van der Waals surface area contributed by atoms with Crippen LogP contribution in [0.15, 0.2) is 48.5 Å². The largest absolute Gasteiger partial charge is 0.494 e. The number of unbranched alkanes of at least 4 members (excludes halogenated alkanes) is 4. The van der Waals surface area contributed by atoms with Crippen molar-refractivity contribution in [2.45, 2.75) is 46.0 Å². The zero-order valence-electron chi connectivity index (χ0n) is 17.2. The van der Waals surface area contributed by atoms with Crippen molar-refractivity contribution in [2.75, 3.05) is 18.5 Å². The highest BCUT2D eigenvalue weighted by molar-refractivity contribution is 7.80. The molecule has 0 heterocycles. The first kappa shape index (κ1) is 22.7. The molecule has 1 amide bonds. The molecular formula is C23H30N2O3S. The van der Waals surface area contributed by atoms with Gasteiger partial charge in [0.25, 0.3) is 5.91 Å². The van der Waals surface area contributed by atoms with Crippen LogP contribution < -0.4 is 20.1 Å². The summed E-state index contributed by atoms with van der Waals surface area (Å²) in [6.45, 7) is 5.27. The monoisotopic (exact) mass is 414 g/mol. The Balaban J connectivity index is 1.85. The lowest BCUT2D eigenvalue weighted by atomic mass is 10.2. The van der Waals surface area contributed by atoms with Gasteiger partial charge in [0.15, 0.2) is 5.11 Å². The predicted octanol–water partition coefficient (Wildman–Crippen LogP) is 5.56. The first-order valence-electron chi connectivity index (χ1n) is 10.2. The van der Waals surface area contributed by atoms with Crippen molar-refractivity contribution in [2.24, 2.45) is 0 Å². The Bertz CT molecular complexity index is 795. The molecule has 156 valence electrons. The van der Waals surface area contributed by atoms with Crippen LogP contribution in [0.5, 0.6) is 11.5 Å². The number of hydrogen-bond acceptors (Lipinski definition) is 4. The molecule has 0 aliphatic rings. The van der Waals surface area contributed by atoms with Gasteiger partial charge in [0, 0.05) is 11.8 Å². The van der Waals surface area contributed by atoms with Gasteiger partial charge in [-0.05, 0) is 49.8 Å². The number of nitrogens with one attached hydrogen (secondary N) is 2. The molecule has 0 unspecified atom stereocenters. The highest BCUT2D eigenvalue weighted by Gasteiger charge is 2.13. The number of rotatable bonds is 11. The number of para-hydroxylation sites is 1. The van der Waals surface area contributed by atoms with Gasteiger partial charge in [-0.2, -0.15) is 0 Å². The zero-order valence-corrected chi connectivity index (χ0v) is 18.0. The van der Waals surface area contributed by atoms with Crippen LogP contribution in [0.3, 0.4) is 0 Å². The van der Waals surface area contributed by atoms with Crippen molar-refractivity contribution >= 4 is 28.9 Å². The predicted molar refractivity (Wildman–Crippen MR) is 122 cm³/mol. The second kappa shape index (κ2) is 12.8. The second-order valence-corrected chi connectivity index (χ2v) is 7.04. The fourth-order valence-corrected chi connectivity index (χ4v) is 3.04. The lowest BCUT2D eigenvalue weighted by molar-refractivity contribution is 0.0974. The van der Waals surface area contributed by atoms with Gasteiger partial charge in [0.1, 0.15) is 11.5 Å². The minimum Gasteiger partial charge on any atom is -0.494 e. The summed E-state index contributed by atoms with van der Waals surface area (Å²) in [5, 5.41) is 5.95. The van der Waals surface area contributed by atoms with Gasteiger partial charge in [-0.15, -0.1) is 0 Å². The minimum atomic E-state index is -0.314. The van der Waals surface area contributed by atoms with E-state index in [2.05, 4.69) is 17.6 Å². The number of anilines is 1. The first-order chi connectivity index (χ1) is 14.1. The SMILES string of the molecule is CCCCCCCOc1cccc(NC(=S)NC(=O)c2ccccc2OCC)c1. The second-order valence-electron chi connectivity index (χ2n) is 6.63. The Kier molecular flexibility index (Phi) is 10.00. The first-order valence-corrected chi connectivity index (χ1v) is 10.6. The van der Waals surface area contributed by atoms with Gasteiger partial charge in [0.05, 0.1) is 18.8 Å². The molecule has 0 aliphatic heterocycles. The molecule has 0 radical (unpaired) electrons. The molecule has 6 heteroatoms. The van der Waals surface area contributed by atoms with Crippen LogP contribution in [0, 0.1) is 0 Å². The van der Waals surface area contributed by atoms with Gasteiger partial charge in [0.2, 0.25) is 0 Å². The van der Waals surface area contributed by atoms with E-state index in [4.69, 9.17) is 21.7 Å². The lowest BCUT2D eigenvalue weighted by Crippen LogP contribution is -2.34. The van der Waals surface area contributed by atoms with Crippen molar-refractivity contribution in [3.8, 4) is 11.5 Å². The molecule has 0 atom stereocenters. The van der Waals surface area contributed by atoms with Gasteiger partial charge < -0.3 is 14.8 Å². The number of carbonyl (C=O) groups excluding carboxylic acids is 1. The Hall–Kier alpha value is -2.60. The molecule has 0 spiro atoms. The number of thiocarbonyl (C=S) groups is 1. The van der Waals surface area contributed by atoms with Gasteiger partial charge in [-0.3, -0.25) is 10.1 Å². The topological polar surface area (TPSA) is 59.6 Å². The van der Waals surface area contributed by atoms with Crippen molar-refractivity contribution in [3.63, 3.8) is 0 Å². The third-order valence-corrected chi connectivity index (χ3v) is 4.47. The zero-order chi connectivity index (χ0) is 20.9. The van der Waals surface area contributed by atoms with Crippen LogP contribution in [0.25, 0.3) is 0 Å². The van der Waals surface area contributed by atoms with E-state index < -0.39 is 0 Å². The summed E-state index contributed by atoms with van der Waals surface area (Å²) in [4.78, 5) is 12.5. The Morgan fingerprint density at radius 3 is 2.55 bits per heavy atom. The standard InChI is InChI=1S/C23H30N2O3S/c1-3-5-6-7-10-16-28-19-13-11-12-18(17-19)24-23(29)25-22(26)20-14-8-9-15-21(20)27-4-2/h8-9,11-15,17H,3-7,10,16H2,1-2H3,(H2,24,25,26,29). The quantitative estimate of drug-likeness (QED) is 0.372. The third-order valence-electron chi connectivity index (χ3n) is 4.27. The van der Waals surface area contributed by atoms with Crippen LogP contribution >= 0.6 is 12.2 Å². The molecule has 0 saturated carbocycles. The van der Waals surface area contributed by atoms with E-state index in [1.807, 2.05) is 37.3 Å². The number of amides is 1. The summed E-state index contributed by atoms with van der Waals surface area (Å²) in [5.74, 6) is 0.997. The lowest BCUT2D eigenvalue weighted by Gasteiger charge is -2.13. The van der Waals surface area contributed by atoms with E-state index in [-0.39, 0.29) is 11.0 Å². The van der Waals surface area contributed by atoms with E-state index in [0.717, 1.165) is 17.9 Å². The molecule has 2 rings (SSSR count). The minimum absolute atomic E-state index is 0.220. The summed E-state index contributed by atoms with van der Waals surface area (Å²) in [5.41, 5.74) is 1.20. The fraction of sp³-hybridized carbons (Fsp3) is 0.391. The van der Waals surface area contributed by atoms with Gasteiger partial charge >= 0.3 is 0 Å². The van der Waals surface area contributed by atoms with Crippen LogP contribution in [0.4, 0.5) is 5.69 Å². The normalized spacial score (nSPS) is 10.3. The fourth-order valence-electron chi connectivity index (χ4n) is 2.83. The molecular weight excluding hydrogens is 384 g/mol. The highest BCUT2D eigenvalue weighted by Crippen LogP contribution is 2.19. The number of carbonyl (C=O) groups is 1. The Morgan fingerprint density at radius 1 is 0.966 bits per heavy atom. The molecule has 0 bridgehead atoms. The van der Waals surface area contributed by atoms with Crippen LogP contribution in [-0.4, -0.2) is 24.2 Å². The summed E-state index contributed by atoms with van der Waals surface area (Å²) >= 11 is 5.29. The number of benzene rings is 2. The van der Waals surface area contributed by atoms with Gasteiger partial charge in [-0.1, -0.05) is 50.8 Å². The molecule has 5 nitrogen and oxygen atoms in total. The summed E-state index contributed by atoms with van der Waals surface area (Å²) in [6.07, 6.45) is 6.00. The van der Waals surface area contributed by atoms with E-state index in [1.54, 1.807) is 18.2 Å². The van der Waals surface area contributed by atoms with Crippen molar-refractivity contribution in [1.82, 2.24) is 5.32 Å². The molecule has 0 fully saturated rings. The smallest absolute Gasteiger partial charge is 0.261 e. The van der Waals surface area contributed by atoms with Crippen LogP contribution in [-0.2, 0) is 0 Å². The van der Waals surface area contributed by atoms with Crippen LogP contribution in [0.1, 0.15) is 56.3 Å². The maximum Gasteiger partial charge on any atom is 0.261 e. The van der Waals surface area contributed by atoms with Crippen molar-refractivity contribution < 1.29 is 14.3 Å². The summed E-state index contributed by atoms with van der Waals surface area (Å²) < 4.78 is 11.3. The molecule has 0 saturated heterocycles. The maximum atomic E-state index is 12.5. The van der Waals surface area contributed by atoms with Crippen LogP contribution in [0.2, 0.25) is 0 Å². The van der Waals surface area contributed by atoms with E-state index in [1.165, 1.54) is 25.7 Å². The van der Waals surface area contributed by atoms with Crippen molar-refractivity contribution in [3.05, 3.63) is 54.1 Å². The molecule has 0 aliphatic carbocycles. The van der Waals surface area contributed by atoms with Gasteiger partial charge in [-0.25, -0.2) is 0 Å². The molecule has 2 aromatic rings. The summed E-state index contributed by atoms with van der Waals surface area (Å²) in [7, 11) is 0. The van der Waals surface area contributed by atoms with E-state index >= 15 is 0 Å². The number of ether oxygens (including phenoxy) is 2. The Morgan fingerprint density at radius 2 is 1.76 bits per heavy atom. The average Bonchev–Trinajstić information content (AvgIpc) is 2.71. The molecule has 0 aromatic heterocycles. The molecule has 29 heavy (non-hydrogen) atoms. The third kappa shape index (κ3) is 8.11. The summed E-state index contributed by atoms with van der Waals surface area (Å²) in [6, 6.07) is 14.6. The number of hydrogen-bond donors (Lipinski definition) is 2. The van der Waals surface area contributed by atoms with E-state index in [9.17, 15) is 4.79 Å². The maximum absolute atomic E-state index is 12.5. The highest BCUT2D eigenvalue weighted by atomic mass is 32.1. The molecule has 2 aromatic carbocycles. The molecule has 2 N–H and O–H groups in total. The van der Waals surface area contributed by atoms with Crippen molar-refractivity contribution in [1.29, 1.82) is 0 Å².